The van der Waals surface area contributed by atoms with Crippen molar-refractivity contribution in [2.24, 2.45) is 0 Å². The lowest BCUT2D eigenvalue weighted by molar-refractivity contribution is 0.397. The predicted molar refractivity (Wildman–Crippen MR) is 71.9 cm³/mol. The van der Waals surface area contributed by atoms with E-state index in [1.165, 1.54) is 19.4 Å². The molecule has 0 radical (unpaired) electrons. The first-order valence-corrected chi connectivity index (χ1v) is 7.17. The Bertz CT molecular complexity index is 718. The second kappa shape index (κ2) is 5.85. The van der Waals surface area contributed by atoms with Crippen LogP contribution in [0.4, 0.5) is 0 Å². The summed E-state index contributed by atoms with van der Waals surface area (Å²) >= 11 is 0. The van der Waals surface area contributed by atoms with Crippen LogP contribution in [-0.4, -0.2) is 25.5 Å². The fourth-order valence-electron chi connectivity index (χ4n) is 1.46. The molecule has 2 heterocycles. The third-order valence-electron chi connectivity index (χ3n) is 2.54. The van der Waals surface area contributed by atoms with Crippen LogP contribution in [0.5, 0.6) is 5.88 Å². The van der Waals surface area contributed by atoms with Crippen molar-refractivity contribution in [2.45, 2.75) is 11.4 Å². The number of ether oxygens (including phenoxy) is 1. The smallest absolute Gasteiger partial charge is 0.247 e. The third kappa shape index (κ3) is 3.43. The molecule has 2 rings (SSSR count). The van der Waals surface area contributed by atoms with Gasteiger partial charge < -0.3 is 9.72 Å². The summed E-state index contributed by atoms with van der Waals surface area (Å²) in [7, 11) is -2.17. The third-order valence-corrected chi connectivity index (χ3v) is 3.94. The SMILES string of the molecule is COc1ccc(CNS(=O)(=O)c2ccc(=O)[nH]c2)cn1. The standard InChI is InChI=1S/C12H13N3O4S/c1-19-12-5-2-9(6-14-12)7-15-20(17,18)10-3-4-11(16)13-8-10/h2-6,8,15H,7H2,1H3,(H,13,16). The quantitative estimate of drug-likeness (QED) is 0.823. The molecule has 0 aliphatic rings. The van der Waals surface area contributed by atoms with Crippen molar-refractivity contribution in [3.63, 3.8) is 0 Å². The maximum atomic E-state index is 12.0. The van der Waals surface area contributed by atoms with Crippen LogP contribution >= 0.6 is 0 Å². The van der Waals surface area contributed by atoms with Gasteiger partial charge in [0.05, 0.1) is 12.0 Å². The molecule has 0 aromatic carbocycles. The van der Waals surface area contributed by atoms with Gasteiger partial charge in [-0.05, 0) is 11.6 Å². The summed E-state index contributed by atoms with van der Waals surface area (Å²) in [5.41, 5.74) is 0.335. The fourth-order valence-corrected chi connectivity index (χ4v) is 2.45. The van der Waals surface area contributed by atoms with Crippen LogP contribution in [-0.2, 0) is 16.6 Å². The molecule has 7 nitrogen and oxygen atoms in total. The molecular weight excluding hydrogens is 282 g/mol. The maximum Gasteiger partial charge on any atom is 0.247 e. The molecule has 0 atom stereocenters. The lowest BCUT2D eigenvalue weighted by atomic mass is 10.3. The Labute approximate surface area is 115 Å². The van der Waals surface area contributed by atoms with E-state index >= 15 is 0 Å². The first kappa shape index (κ1) is 14.2. The van der Waals surface area contributed by atoms with Crippen LogP contribution in [0.1, 0.15) is 5.56 Å². The average molecular weight is 295 g/mol. The Hall–Kier alpha value is -2.19. The van der Waals surface area contributed by atoms with Crippen LogP contribution < -0.4 is 15.0 Å². The van der Waals surface area contributed by atoms with Gasteiger partial charge in [-0.15, -0.1) is 0 Å². The number of methoxy groups -OCH3 is 1. The summed E-state index contributed by atoms with van der Waals surface area (Å²) in [6.45, 7) is 0.0957. The summed E-state index contributed by atoms with van der Waals surface area (Å²) < 4.78 is 31.3. The molecule has 0 saturated carbocycles. The molecule has 0 fully saturated rings. The number of aromatic nitrogens is 2. The van der Waals surface area contributed by atoms with Crippen LogP contribution in [0.2, 0.25) is 0 Å². The first-order chi connectivity index (χ1) is 9.51. The largest absolute Gasteiger partial charge is 0.481 e. The van der Waals surface area contributed by atoms with Crippen molar-refractivity contribution in [3.05, 3.63) is 52.6 Å². The average Bonchev–Trinajstić information content (AvgIpc) is 2.46. The molecule has 106 valence electrons. The molecule has 2 aromatic rings. The number of nitrogens with one attached hydrogen (secondary N) is 2. The highest BCUT2D eigenvalue weighted by Crippen LogP contribution is 2.09. The number of aromatic amines is 1. The van der Waals surface area contributed by atoms with E-state index in [1.807, 2.05) is 0 Å². The minimum atomic E-state index is -3.67. The fraction of sp³-hybridized carbons (Fsp3) is 0.167. The maximum absolute atomic E-state index is 12.0. The monoisotopic (exact) mass is 295 g/mol. The molecular formula is C12H13N3O4S. The second-order valence-corrected chi connectivity index (χ2v) is 5.69. The van der Waals surface area contributed by atoms with Gasteiger partial charge in [-0.1, -0.05) is 6.07 Å². The molecule has 2 N–H and O–H groups in total. The van der Waals surface area contributed by atoms with Gasteiger partial charge in [0.2, 0.25) is 21.5 Å². The van der Waals surface area contributed by atoms with Crippen LogP contribution in [0.3, 0.4) is 0 Å². The van der Waals surface area contributed by atoms with E-state index in [2.05, 4.69) is 14.7 Å². The Morgan fingerprint density at radius 2 is 2.10 bits per heavy atom. The van der Waals surface area contributed by atoms with Gasteiger partial charge in [0, 0.05) is 31.1 Å². The number of nitrogens with zero attached hydrogens (tertiary/aromatic N) is 1. The number of sulfonamides is 1. The topological polar surface area (TPSA) is 101 Å². The van der Waals surface area contributed by atoms with Gasteiger partial charge in [-0.2, -0.15) is 0 Å². The zero-order valence-corrected chi connectivity index (χ0v) is 11.5. The highest BCUT2D eigenvalue weighted by atomic mass is 32.2. The summed E-state index contributed by atoms with van der Waals surface area (Å²) in [4.78, 5) is 17.2. The van der Waals surface area contributed by atoms with E-state index in [0.29, 0.717) is 11.4 Å². The van der Waals surface area contributed by atoms with Crippen molar-refractivity contribution < 1.29 is 13.2 Å². The normalized spacial score (nSPS) is 11.2. The number of hydrogen-bond donors (Lipinski definition) is 2. The van der Waals surface area contributed by atoms with Gasteiger partial charge in [-0.25, -0.2) is 18.1 Å². The summed E-state index contributed by atoms with van der Waals surface area (Å²) in [5.74, 6) is 0.456. The molecule has 0 spiro atoms. The molecule has 0 bridgehead atoms. The molecule has 0 amide bonds. The molecule has 0 aliphatic carbocycles. The van der Waals surface area contributed by atoms with Gasteiger partial charge in [0.15, 0.2) is 0 Å². The van der Waals surface area contributed by atoms with E-state index in [4.69, 9.17) is 4.74 Å². The number of H-pyrrole nitrogens is 1. The molecule has 20 heavy (non-hydrogen) atoms. The Balaban J connectivity index is 2.08. The number of hydrogen-bond acceptors (Lipinski definition) is 5. The zero-order chi connectivity index (χ0) is 14.6. The van der Waals surface area contributed by atoms with Crippen molar-refractivity contribution >= 4 is 10.0 Å². The van der Waals surface area contributed by atoms with Gasteiger partial charge >= 0.3 is 0 Å². The lowest BCUT2D eigenvalue weighted by Crippen LogP contribution is -2.24. The van der Waals surface area contributed by atoms with Crippen molar-refractivity contribution in [3.8, 4) is 5.88 Å². The van der Waals surface area contributed by atoms with Gasteiger partial charge in [0.25, 0.3) is 0 Å². The molecule has 0 saturated heterocycles. The molecule has 0 aliphatic heterocycles. The van der Waals surface area contributed by atoms with Crippen molar-refractivity contribution in [1.29, 1.82) is 0 Å². The minimum Gasteiger partial charge on any atom is -0.481 e. The van der Waals surface area contributed by atoms with Gasteiger partial charge in [-0.3, -0.25) is 4.79 Å². The second-order valence-electron chi connectivity index (χ2n) is 3.92. The lowest BCUT2D eigenvalue weighted by Gasteiger charge is -2.06. The summed E-state index contributed by atoms with van der Waals surface area (Å²) in [6, 6.07) is 5.75. The Kier molecular flexibility index (Phi) is 4.16. The summed E-state index contributed by atoms with van der Waals surface area (Å²) in [5, 5.41) is 0. The predicted octanol–water partition coefficient (Wildman–Crippen LogP) is 0.257. The zero-order valence-electron chi connectivity index (χ0n) is 10.7. The Morgan fingerprint density at radius 3 is 2.65 bits per heavy atom. The molecule has 2 aromatic heterocycles. The van der Waals surface area contributed by atoms with Crippen LogP contribution in [0.25, 0.3) is 0 Å². The number of pyridine rings is 2. The van der Waals surface area contributed by atoms with E-state index in [0.717, 1.165) is 12.3 Å². The first-order valence-electron chi connectivity index (χ1n) is 5.68. The highest BCUT2D eigenvalue weighted by molar-refractivity contribution is 7.89. The van der Waals surface area contributed by atoms with E-state index < -0.39 is 10.0 Å². The Morgan fingerprint density at radius 1 is 1.30 bits per heavy atom. The van der Waals surface area contributed by atoms with E-state index in [9.17, 15) is 13.2 Å². The summed E-state index contributed by atoms with van der Waals surface area (Å²) in [6.07, 6.45) is 2.67. The van der Waals surface area contributed by atoms with Crippen LogP contribution in [0.15, 0.2) is 46.3 Å². The number of rotatable bonds is 5. The van der Waals surface area contributed by atoms with Gasteiger partial charge in [0.1, 0.15) is 0 Å². The van der Waals surface area contributed by atoms with Crippen LogP contribution in [0, 0.1) is 0 Å². The molecule has 8 heteroatoms. The molecule has 0 unspecified atom stereocenters. The minimum absolute atomic E-state index is 0.00132. The van der Waals surface area contributed by atoms with Crippen molar-refractivity contribution in [2.75, 3.05) is 7.11 Å². The highest BCUT2D eigenvalue weighted by Gasteiger charge is 2.13. The van der Waals surface area contributed by atoms with E-state index in [1.54, 1.807) is 12.1 Å². The van der Waals surface area contributed by atoms with Crippen molar-refractivity contribution in [1.82, 2.24) is 14.7 Å². The van der Waals surface area contributed by atoms with E-state index in [-0.39, 0.29) is 17.0 Å².